The minimum absolute atomic E-state index is 0.0885. The minimum Gasteiger partial charge on any atom is -0.376 e. The van der Waals surface area contributed by atoms with Crippen molar-refractivity contribution in [1.29, 1.82) is 0 Å². The average Bonchev–Trinajstić information content (AvgIpc) is 3.47. The molecule has 10 heteroatoms. The maximum atomic E-state index is 13.4. The van der Waals surface area contributed by atoms with E-state index in [1.807, 2.05) is 6.92 Å². The van der Waals surface area contributed by atoms with Gasteiger partial charge in [0.25, 0.3) is 0 Å². The lowest BCUT2D eigenvalue weighted by Crippen LogP contribution is -2.19. The third-order valence-electron chi connectivity index (χ3n) is 5.69. The van der Waals surface area contributed by atoms with Crippen LogP contribution >= 0.6 is 11.6 Å². The molecule has 0 saturated carbocycles. The fourth-order valence-corrected chi connectivity index (χ4v) is 5.32. The molecule has 0 bridgehead atoms. The molecule has 8 nitrogen and oxygen atoms in total. The molecule has 0 amide bonds. The van der Waals surface area contributed by atoms with Crippen LogP contribution in [0.3, 0.4) is 0 Å². The molecule has 1 aliphatic heterocycles. The van der Waals surface area contributed by atoms with E-state index >= 15 is 0 Å². The molecule has 1 atom stereocenters. The van der Waals surface area contributed by atoms with Crippen molar-refractivity contribution in [2.24, 2.45) is 0 Å². The zero-order valence-electron chi connectivity index (χ0n) is 17.5. The summed E-state index contributed by atoms with van der Waals surface area (Å²) in [7, 11) is -3.91. The summed E-state index contributed by atoms with van der Waals surface area (Å²) in [5.41, 5.74) is 1.87. The topological polar surface area (TPSA) is 98.5 Å². The summed E-state index contributed by atoms with van der Waals surface area (Å²) >= 11 is 6.23. The Hall–Kier alpha value is -2.75. The molecule has 4 aromatic rings. The maximum absolute atomic E-state index is 13.4. The van der Waals surface area contributed by atoms with E-state index in [9.17, 15) is 8.42 Å². The van der Waals surface area contributed by atoms with Crippen LogP contribution in [0.4, 0.5) is 5.82 Å². The van der Waals surface area contributed by atoms with E-state index in [1.54, 1.807) is 42.5 Å². The van der Waals surface area contributed by atoms with Gasteiger partial charge in [-0.1, -0.05) is 35.9 Å². The van der Waals surface area contributed by atoms with Crippen LogP contribution in [0.2, 0.25) is 5.02 Å². The number of benzene rings is 2. The van der Waals surface area contributed by atoms with Crippen LogP contribution in [-0.4, -0.2) is 47.5 Å². The Morgan fingerprint density at radius 3 is 2.75 bits per heavy atom. The van der Waals surface area contributed by atoms with Crippen LogP contribution in [0.1, 0.15) is 25.3 Å². The molecular formula is C22H22ClN5O3S. The molecule has 1 fully saturated rings. The van der Waals surface area contributed by atoms with Crippen molar-refractivity contribution in [2.75, 3.05) is 18.5 Å². The molecule has 166 valence electrons. The first-order valence-electron chi connectivity index (χ1n) is 10.5. The summed E-state index contributed by atoms with van der Waals surface area (Å²) < 4.78 is 33.9. The molecule has 0 spiro atoms. The monoisotopic (exact) mass is 471 g/mol. The van der Waals surface area contributed by atoms with E-state index in [0.29, 0.717) is 22.9 Å². The van der Waals surface area contributed by atoms with Gasteiger partial charge in [0.2, 0.25) is 14.9 Å². The highest BCUT2D eigenvalue weighted by atomic mass is 35.5. The minimum atomic E-state index is -3.91. The lowest BCUT2D eigenvalue weighted by atomic mass is 10.2. The summed E-state index contributed by atoms with van der Waals surface area (Å²) in [5, 5.41) is 12.5. The number of nitrogens with one attached hydrogen (secondary N) is 1. The first-order valence-corrected chi connectivity index (χ1v) is 12.4. The van der Waals surface area contributed by atoms with E-state index in [0.717, 1.165) is 36.8 Å². The first-order chi connectivity index (χ1) is 15.5. The number of hydrogen-bond donors (Lipinski definition) is 1. The van der Waals surface area contributed by atoms with Crippen LogP contribution in [0.25, 0.3) is 16.6 Å². The highest BCUT2D eigenvalue weighted by Crippen LogP contribution is 2.30. The predicted molar refractivity (Wildman–Crippen MR) is 122 cm³/mol. The summed E-state index contributed by atoms with van der Waals surface area (Å²) in [6.07, 6.45) is 2.91. The van der Waals surface area contributed by atoms with E-state index < -0.39 is 9.84 Å². The van der Waals surface area contributed by atoms with Crippen LogP contribution in [-0.2, 0) is 21.0 Å². The van der Waals surface area contributed by atoms with Gasteiger partial charge in [0, 0.05) is 23.6 Å². The summed E-state index contributed by atoms with van der Waals surface area (Å²) in [6.45, 7) is 3.33. The number of halogens is 1. The zero-order chi connectivity index (χ0) is 22.3. The number of aryl methyl sites for hydroxylation is 1. The second-order valence-electron chi connectivity index (χ2n) is 7.77. The Kier molecular flexibility index (Phi) is 5.48. The summed E-state index contributed by atoms with van der Waals surface area (Å²) in [4.78, 5) is 4.78. The third-order valence-corrected chi connectivity index (χ3v) is 7.60. The molecular weight excluding hydrogens is 450 g/mol. The van der Waals surface area contributed by atoms with Crippen molar-refractivity contribution < 1.29 is 13.2 Å². The number of sulfone groups is 1. The van der Waals surface area contributed by atoms with E-state index in [-0.39, 0.29) is 21.7 Å². The fraction of sp³-hybridized carbons (Fsp3) is 0.318. The van der Waals surface area contributed by atoms with Crippen molar-refractivity contribution in [3.05, 3.63) is 53.1 Å². The quantitative estimate of drug-likeness (QED) is 0.455. The molecule has 0 radical (unpaired) electrons. The van der Waals surface area contributed by atoms with E-state index in [4.69, 9.17) is 16.3 Å². The fourth-order valence-electron chi connectivity index (χ4n) is 3.91. The number of hydrogen-bond acceptors (Lipinski definition) is 7. The number of anilines is 1. The van der Waals surface area contributed by atoms with Gasteiger partial charge < -0.3 is 10.1 Å². The van der Waals surface area contributed by atoms with Gasteiger partial charge in [0.1, 0.15) is 5.82 Å². The van der Waals surface area contributed by atoms with Gasteiger partial charge in [0.15, 0.2) is 5.65 Å². The van der Waals surface area contributed by atoms with E-state index in [2.05, 4.69) is 20.6 Å². The van der Waals surface area contributed by atoms with Gasteiger partial charge >= 0.3 is 0 Å². The number of nitrogens with zero attached hydrogens (tertiary/aromatic N) is 4. The summed E-state index contributed by atoms with van der Waals surface area (Å²) in [5.74, 6) is 0.519. The van der Waals surface area contributed by atoms with Crippen molar-refractivity contribution >= 4 is 43.8 Å². The normalized spacial score (nSPS) is 16.8. The average molecular weight is 472 g/mol. The highest BCUT2D eigenvalue weighted by molar-refractivity contribution is 7.91. The maximum Gasteiger partial charge on any atom is 0.229 e. The second kappa shape index (κ2) is 8.31. The molecule has 3 heterocycles. The number of fused-ring (bicyclic) bond motifs is 3. The molecule has 1 saturated heterocycles. The Balaban J connectivity index is 1.64. The van der Waals surface area contributed by atoms with Gasteiger partial charge in [0.05, 0.1) is 16.5 Å². The largest absolute Gasteiger partial charge is 0.376 e. The summed E-state index contributed by atoms with van der Waals surface area (Å²) in [6, 6.07) is 12.1. The van der Waals surface area contributed by atoms with Crippen LogP contribution in [0, 0.1) is 0 Å². The Morgan fingerprint density at radius 1 is 1.22 bits per heavy atom. The van der Waals surface area contributed by atoms with Crippen molar-refractivity contribution in [2.45, 2.75) is 42.2 Å². The van der Waals surface area contributed by atoms with Crippen LogP contribution in [0.5, 0.6) is 0 Å². The molecule has 32 heavy (non-hydrogen) atoms. The molecule has 0 aliphatic carbocycles. The van der Waals surface area contributed by atoms with Crippen molar-refractivity contribution in [3.8, 4) is 0 Å². The van der Waals surface area contributed by atoms with Gasteiger partial charge in [-0.3, -0.25) is 0 Å². The molecule has 1 N–H and O–H groups in total. The highest BCUT2D eigenvalue weighted by Gasteiger charge is 2.27. The Labute approximate surface area is 190 Å². The molecule has 0 unspecified atom stereocenters. The smallest absolute Gasteiger partial charge is 0.229 e. The predicted octanol–water partition coefficient (Wildman–Crippen LogP) is 3.92. The molecule has 2 aromatic heterocycles. The third kappa shape index (κ3) is 3.70. The standard InChI is InChI=1S/C22H22ClN5O3S/c1-2-14-5-8-17(9-6-14)32(29,30)22-21-25-20(24-13-16-4-3-11-31-16)18-12-15(23)7-10-19(18)28(21)27-26-22/h5-10,12,16H,2-4,11,13H2,1H3,(H,24,25)/t16-/m0/s1. The van der Waals surface area contributed by atoms with Crippen molar-refractivity contribution in [3.63, 3.8) is 0 Å². The number of ether oxygens (including phenoxy) is 1. The van der Waals surface area contributed by atoms with Crippen molar-refractivity contribution in [1.82, 2.24) is 19.8 Å². The lowest BCUT2D eigenvalue weighted by molar-refractivity contribution is 0.120. The van der Waals surface area contributed by atoms with E-state index in [1.165, 1.54) is 4.52 Å². The zero-order valence-corrected chi connectivity index (χ0v) is 19.0. The lowest BCUT2D eigenvalue weighted by Gasteiger charge is -2.14. The van der Waals surface area contributed by atoms with Crippen LogP contribution in [0.15, 0.2) is 52.4 Å². The van der Waals surface area contributed by atoms with Gasteiger partial charge in [-0.05, 0) is 55.2 Å². The molecule has 5 rings (SSSR count). The number of aromatic nitrogens is 4. The molecule has 2 aromatic carbocycles. The Bertz CT molecular complexity index is 1400. The Morgan fingerprint density at radius 2 is 2.03 bits per heavy atom. The van der Waals surface area contributed by atoms with Gasteiger partial charge in [-0.25, -0.2) is 13.4 Å². The SMILES string of the molecule is CCc1ccc(S(=O)(=O)c2nnn3c2nc(NC[C@@H]2CCCO2)c2cc(Cl)ccc23)cc1. The van der Waals surface area contributed by atoms with Gasteiger partial charge in [-0.2, -0.15) is 4.52 Å². The molecule has 1 aliphatic rings. The number of rotatable bonds is 6. The first kappa shape index (κ1) is 21.1. The second-order valence-corrected chi connectivity index (χ2v) is 10.1. The van der Waals surface area contributed by atoms with Crippen LogP contribution < -0.4 is 5.32 Å². The van der Waals surface area contributed by atoms with Gasteiger partial charge in [-0.15, -0.1) is 5.10 Å².